The standard InChI is InChI=1S/C7H7ClN2O/c1-2-3-5-6(8)7(11)10-4-9-5/h2,4H,1,3H2,(H,9,10,11). The van der Waals surface area contributed by atoms with Gasteiger partial charge in [0.05, 0.1) is 5.69 Å². The van der Waals surface area contributed by atoms with Gasteiger partial charge in [-0.1, -0.05) is 17.7 Å². The summed E-state index contributed by atoms with van der Waals surface area (Å²) in [6.45, 7) is 3.53. The second kappa shape index (κ2) is 3.34. The average molecular weight is 171 g/mol. The second-order valence-corrected chi connectivity index (χ2v) is 2.33. The Bertz CT molecular complexity index is 275. The monoisotopic (exact) mass is 170 g/mol. The molecule has 1 heterocycles. The fraction of sp³-hybridized carbons (Fsp3) is 0.143. The number of rotatable bonds is 2. The molecule has 0 aliphatic carbocycles. The summed E-state index contributed by atoms with van der Waals surface area (Å²) in [5.41, 5.74) is 0.592. The molecule has 0 saturated carbocycles. The van der Waals surface area contributed by atoms with Crippen LogP contribution in [0.3, 0.4) is 0 Å². The van der Waals surface area contributed by atoms with Gasteiger partial charge in [-0.05, 0) is 0 Å². The molecule has 1 N–H and O–H groups in total. The maximum atomic E-state index is 9.01. The van der Waals surface area contributed by atoms with E-state index in [-0.39, 0.29) is 10.9 Å². The highest BCUT2D eigenvalue weighted by atomic mass is 35.5. The van der Waals surface area contributed by atoms with Crippen molar-refractivity contribution < 1.29 is 5.11 Å². The molecule has 0 unspecified atom stereocenters. The molecule has 1 aromatic rings. The zero-order chi connectivity index (χ0) is 8.27. The molecular weight excluding hydrogens is 164 g/mol. The molecule has 0 atom stereocenters. The van der Waals surface area contributed by atoms with Gasteiger partial charge in [0.15, 0.2) is 0 Å². The zero-order valence-corrected chi connectivity index (χ0v) is 6.54. The highest BCUT2D eigenvalue weighted by Crippen LogP contribution is 2.22. The molecule has 0 saturated heterocycles. The molecule has 0 radical (unpaired) electrons. The van der Waals surface area contributed by atoms with Gasteiger partial charge in [0, 0.05) is 6.42 Å². The van der Waals surface area contributed by atoms with Crippen molar-refractivity contribution in [3.63, 3.8) is 0 Å². The lowest BCUT2D eigenvalue weighted by Crippen LogP contribution is -1.90. The number of hydrogen-bond donors (Lipinski definition) is 1. The van der Waals surface area contributed by atoms with Crippen LogP contribution in [0.1, 0.15) is 5.69 Å². The number of hydrogen-bond acceptors (Lipinski definition) is 3. The number of aromatic hydroxyl groups is 1. The molecule has 11 heavy (non-hydrogen) atoms. The largest absolute Gasteiger partial charge is 0.492 e. The van der Waals surface area contributed by atoms with Crippen LogP contribution in [0.5, 0.6) is 5.88 Å². The molecule has 1 rings (SSSR count). The first-order valence-electron chi connectivity index (χ1n) is 3.05. The first kappa shape index (κ1) is 8.01. The van der Waals surface area contributed by atoms with Crippen LogP contribution in [0.4, 0.5) is 0 Å². The molecule has 58 valence electrons. The van der Waals surface area contributed by atoms with Crippen molar-refractivity contribution in [3.05, 3.63) is 29.7 Å². The Morgan fingerprint density at radius 1 is 1.64 bits per heavy atom. The van der Waals surface area contributed by atoms with Crippen LogP contribution >= 0.6 is 11.6 Å². The lowest BCUT2D eigenvalue weighted by molar-refractivity contribution is 0.451. The smallest absolute Gasteiger partial charge is 0.233 e. The molecule has 3 nitrogen and oxygen atoms in total. The lowest BCUT2D eigenvalue weighted by atomic mass is 10.3. The van der Waals surface area contributed by atoms with Crippen LogP contribution in [-0.4, -0.2) is 15.1 Å². The molecule has 0 aliphatic heterocycles. The molecule has 1 aromatic heterocycles. The van der Waals surface area contributed by atoms with Gasteiger partial charge in [0.1, 0.15) is 11.3 Å². The van der Waals surface area contributed by atoms with Crippen molar-refractivity contribution in [2.24, 2.45) is 0 Å². The summed E-state index contributed by atoms with van der Waals surface area (Å²) in [5, 5.41) is 9.21. The Morgan fingerprint density at radius 2 is 2.36 bits per heavy atom. The van der Waals surface area contributed by atoms with E-state index in [2.05, 4.69) is 16.5 Å². The molecule has 0 bridgehead atoms. The fourth-order valence-corrected chi connectivity index (χ4v) is 0.849. The number of allylic oxidation sites excluding steroid dienone is 1. The number of halogens is 1. The first-order valence-corrected chi connectivity index (χ1v) is 3.42. The van der Waals surface area contributed by atoms with Crippen molar-refractivity contribution in [1.82, 2.24) is 9.97 Å². The molecule has 0 amide bonds. The van der Waals surface area contributed by atoms with Gasteiger partial charge in [0.2, 0.25) is 5.88 Å². The number of nitrogens with zero attached hydrogens (tertiary/aromatic N) is 2. The third kappa shape index (κ3) is 1.68. The third-order valence-corrected chi connectivity index (χ3v) is 1.57. The van der Waals surface area contributed by atoms with Crippen molar-refractivity contribution in [1.29, 1.82) is 0 Å². The molecule has 0 aromatic carbocycles. The maximum absolute atomic E-state index is 9.01. The van der Waals surface area contributed by atoms with E-state index >= 15 is 0 Å². The van der Waals surface area contributed by atoms with Crippen LogP contribution in [0.2, 0.25) is 5.02 Å². The summed E-state index contributed by atoms with van der Waals surface area (Å²) >= 11 is 5.65. The summed E-state index contributed by atoms with van der Waals surface area (Å²) in [6.07, 6.45) is 3.46. The van der Waals surface area contributed by atoms with Crippen LogP contribution in [0.25, 0.3) is 0 Å². The predicted octanol–water partition coefficient (Wildman–Crippen LogP) is 1.56. The third-order valence-electron chi connectivity index (χ3n) is 1.18. The SMILES string of the molecule is C=CCc1ncnc(O)c1Cl. The lowest BCUT2D eigenvalue weighted by Gasteiger charge is -1.98. The van der Waals surface area contributed by atoms with E-state index in [1.165, 1.54) is 6.33 Å². The molecule has 0 aliphatic rings. The maximum Gasteiger partial charge on any atom is 0.233 e. The average Bonchev–Trinajstić information content (AvgIpc) is 1.99. The Kier molecular flexibility index (Phi) is 2.44. The molecule has 0 fully saturated rings. The zero-order valence-electron chi connectivity index (χ0n) is 5.79. The van der Waals surface area contributed by atoms with E-state index in [9.17, 15) is 0 Å². The minimum absolute atomic E-state index is 0.182. The van der Waals surface area contributed by atoms with E-state index in [1.807, 2.05) is 0 Å². The Balaban J connectivity index is 3.05. The van der Waals surface area contributed by atoms with E-state index in [1.54, 1.807) is 6.08 Å². The van der Waals surface area contributed by atoms with Gasteiger partial charge in [0.25, 0.3) is 0 Å². The Hall–Kier alpha value is -1.09. The topological polar surface area (TPSA) is 46.0 Å². The van der Waals surface area contributed by atoms with Crippen molar-refractivity contribution >= 4 is 11.6 Å². The quantitative estimate of drug-likeness (QED) is 0.686. The predicted molar refractivity (Wildman–Crippen MR) is 42.6 cm³/mol. The van der Waals surface area contributed by atoms with Gasteiger partial charge in [-0.2, -0.15) is 0 Å². The molecule has 4 heteroatoms. The van der Waals surface area contributed by atoms with Crippen LogP contribution in [0, 0.1) is 0 Å². The van der Waals surface area contributed by atoms with Crippen molar-refractivity contribution in [2.45, 2.75) is 6.42 Å². The van der Waals surface area contributed by atoms with Gasteiger partial charge in [-0.25, -0.2) is 9.97 Å². The van der Waals surface area contributed by atoms with Gasteiger partial charge in [-0.3, -0.25) is 0 Å². The van der Waals surface area contributed by atoms with Gasteiger partial charge in [-0.15, -0.1) is 6.58 Å². The van der Waals surface area contributed by atoms with E-state index in [0.717, 1.165) is 0 Å². The summed E-state index contributed by atoms with van der Waals surface area (Å²) < 4.78 is 0. The van der Waals surface area contributed by atoms with Crippen molar-refractivity contribution in [2.75, 3.05) is 0 Å². The first-order chi connectivity index (χ1) is 5.25. The van der Waals surface area contributed by atoms with Crippen LogP contribution in [-0.2, 0) is 6.42 Å². The minimum Gasteiger partial charge on any atom is -0.492 e. The van der Waals surface area contributed by atoms with E-state index in [4.69, 9.17) is 16.7 Å². The second-order valence-electron chi connectivity index (χ2n) is 1.95. The summed E-state index contributed by atoms with van der Waals surface area (Å²) in [4.78, 5) is 7.35. The Morgan fingerprint density at radius 3 is 3.00 bits per heavy atom. The van der Waals surface area contributed by atoms with Crippen LogP contribution in [0.15, 0.2) is 19.0 Å². The molecular formula is C7H7ClN2O. The highest BCUT2D eigenvalue weighted by Gasteiger charge is 2.04. The fourth-order valence-electron chi connectivity index (χ4n) is 0.675. The van der Waals surface area contributed by atoms with Gasteiger partial charge < -0.3 is 5.11 Å². The summed E-state index contributed by atoms with van der Waals surface area (Å²) in [7, 11) is 0. The van der Waals surface area contributed by atoms with E-state index < -0.39 is 0 Å². The minimum atomic E-state index is -0.182. The van der Waals surface area contributed by atoms with Gasteiger partial charge >= 0.3 is 0 Å². The normalized spacial score (nSPS) is 9.55. The Labute approximate surface area is 69.4 Å². The van der Waals surface area contributed by atoms with Crippen LogP contribution < -0.4 is 0 Å². The number of aromatic nitrogens is 2. The van der Waals surface area contributed by atoms with Crippen molar-refractivity contribution in [3.8, 4) is 5.88 Å². The summed E-state index contributed by atoms with van der Waals surface area (Å²) in [6, 6.07) is 0. The molecule has 0 spiro atoms. The summed E-state index contributed by atoms with van der Waals surface area (Å²) in [5.74, 6) is -0.182. The van der Waals surface area contributed by atoms with E-state index in [0.29, 0.717) is 12.1 Å². The highest BCUT2D eigenvalue weighted by molar-refractivity contribution is 6.32.